The van der Waals surface area contributed by atoms with Gasteiger partial charge in [-0.3, -0.25) is 14.7 Å². The SMILES string of the molecule is O=[N+]([O-])c1ccc(-n2c(O)c3n(c2=S)CCCC3)c(Cl)c1. The standard InChI is InChI=1S/C13H12ClN3O3S/c14-9-7-8(17(19)20)4-5-10(9)16-12(18)11-3-1-2-6-15(11)13(16)21/h4-5,7,18H,1-3,6H2. The summed E-state index contributed by atoms with van der Waals surface area (Å²) in [5, 5.41) is 21.3. The van der Waals surface area contributed by atoms with Crippen molar-refractivity contribution in [2.45, 2.75) is 25.8 Å². The molecule has 0 spiro atoms. The maximum absolute atomic E-state index is 10.8. The topological polar surface area (TPSA) is 73.2 Å². The summed E-state index contributed by atoms with van der Waals surface area (Å²) in [7, 11) is 0. The van der Waals surface area contributed by atoms with E-state index in [0.717, 1.165) is 31.5 Å². The minimum Gasteiger partial charge on any atom is -0.493 e. The number of nitro benzene ring substituents is 1. The molecule has 0 atom stereocenters. The predicted molar refractivity (Wildman–Crippen MR) is 80.9 cm³/mol. The van der Waals surface area contributed by atoms with Crippen molar-refractivity contribution in [3.05, 3.63) is 43.8 Å². The second kappa shape index (κ2) is 5.16. The first-order chi connectivity index (χ1) is 10.0. The molecule has 0 aliphatic carbocycles. The molecular formula is C13H12ClN3O3S. The summed E-state index contributed by atoms with van der Waals surface area (Å²) < 4.78 is 3.83. The number of non-ortho nitro benzene ring substituents is 1. The van der Waals surface area contributed by atoms with E-state index in [4.69, 9.17) is 23.8 Å². The molecule has 21 heavy (non-hydrogen) atoms. The Hall–Kier alpha value is -1.86. The number of halogens is 1. The minimum atomic E-state index is -0.514. The zero-order valence-electron chi connectivity index (χ0n) is 11.0. The lowest BCUT2D eigenvalue weighted by Gasteiger charge is -2.12. The lowest BCUT2D eigenvalue weighted by molar-refractivity contribution is -0.384. The van der Waals surface area contributed by atoms with Gasteiger partial charge >= 0.3 is 0 Å². The molecule has 1 aromatic heterocycles. The summed E-state index contributed by atoms with van der Waals surface area (Å²) in [6, 6.07) is 4.11. The van der Waals surface area contributed by atoms with Crippen LogP contribution in [-0.4, -0.2) is 19.2 Å². The fourth-order valence-corrected chi connectivity index (χ4v) is 3.27. The number of rotatable bonds is 2. The number of hydrogen-bond donors (Lipinski definition) is 1. The van der Waals surface area contributed by atoms with Gasteiger partial charge in [0.2, 0.25) is 5.88 Å². The number of aromatic hydroxyl groups is 1. The van der Waals surface area contributed by atoms with Crippen LogP contribution >= 0.6 is 23.8 Å². The Morgan fingerprint density at radius 1 is 1.38 bits per heavy atom. The third-order valence-corrected chi connectivity index (χ3v) is 4.35. The highest BCUT2D eigenvalue weighted by Gasteiger charge is 2.22. The van der Waals surface area contributed by atoms with Crippen LogP contribution in [0.1, 0.15) is 18.5 Å². The van der Waals surface area contributed by atoms with Crippen molar-refractivity contribution in [2.75, 3.05) is 0 Å². The molecule has 0 saturated carbocycles. The van der Waals surface area contributed by atoms with Crippen LogP contribution in [0.2, 0.25) is 5.02 Å². The van der Waals surface area contributed by atoms with E-state index >= 15 is 0 Å². The highest BCUT2D eigenvalue weighted by molar-refractivity contribution is 7.71. The molecule has 0 saturated heterocycles. The number of benzene rings is 1. The summed E-state index contributed by atoms with van der Waals surface area (Å²) >= 11 is 11.5. The molecule has 1 aromatic carbocycles. The number of fused-ring (bicyclic) bond motifs is 1. The molecule has 0 radical (unpaired) electrons. The molecule has 2 heterocycles. The molecule has 1 aliphatic heterocycles. The van der Waals surface area contributed by atoms with Gasteiger partial charge in [-0.1, -0.05) is 11.6 Å². The van der Waals surface area contributed by atoms with E-state index in [1.54, 1.807) is 0 Å². The van der Waals surface area contributed by atoms with Crippen molar-refractivity contribution in [1.82, 2.24) is 9.13 Å². The maximum Gasteiger partial charge on any atom is 0.271 e. The maximum atomic E-state index is 10.8. The molecule has 1 aliphatic rings. The third kappa shape index (κ3) is 2.22. The van der Waals surface area contributed by atoms with Gasteiger partial charge < -0.3 is 9.67 Å². The molecule has 0 fully saturated rings. The molecular weight excluding hydrogens is 314 g/mol. The van der Waals surface area contributed by atoms with E-state index in [1.165, 1.54) is 22.8 Å². The van der Waals surface area contributed by atoms with E-state index < -0.39 is 4.92 Å². The van der Waals surface area contributed by atoms with Crippen LogP contribution in [0.3, 0.4) is 0 Å². The zero-order chi connectivity index (χ0) is 15.1. The van der Waals surface area contributed by atoms with Crippen LogP contribution < -0.4 is 0 Å². The summed E-state index contributed by atoms with van der Waals surface area (Å²) in [5.74, 6) is 0.0652. The zero-order valence-corrected chi connectivity index (χ0v) is 12.5. The average Bonchev–Trinajstić information content (AvgIpc) is 2.72. The van der Waals surface area contributed by atoms with E-state index in [9.17, 15) is 15.2 Å². The second-order valence-corrected chi connectivity index (χ2v) is 5.66. The fraction of sp³-hybridized carbons (Fsp3) is 0.308. The Bertz CT molecular complexity index is 797. The Labute approximate surface area is 130 Å². The summed E-state index contributed by atoms with van der Waals surface area (Å²) in [6.07, 6.45) is 2.77. The molecule has 0 amide bonds. The Balaban J connectivity index is 2.20. The van der Waals surface area contributed by atoms with Crippen molar-refractivity contribution in [3.8, 4) is 11.6 Å². The normalized spacial score (nSPS) is 14.0. The molecule has 0 unspecified atom stereocenters. The molecule has 2 aromatic rings. The molecule has 110 valence electrons. The van der Waals surface area contributed by atoms with Crippen LogP contribution in [0, 0.1) is 14.9 Å². The number of imidazole rings is 1. The van der Waals surface area contributed by atoms with Crippen molar-refractivity contribution < 1.29 is 10.0 Å². The van der Waals surface area contributed by atoms with Crippen LogP contribution in [-0.2, 0) is 13.0 Å². The molecule has 6 nitrogen and oxygen atoms in total. The van der Waals surface area contributed by atoms with Crippen LogP contribution in [0.4, 0.5) is 5.69 Å². The highest BCUT2D eigenvalue weighted by Crippen LogP contribution is 2.33. The lowest BCUT2D eigenvalue weighted by atomic mass is 10.1. The smallest absolute Gasteiger partial charge is 0.271 e. The van der Waals surface area contributed by atoms with E-state index in [0.29, 0.717) is 10.5 Å². The van der Waals surface area contributed by atoms with Crippen molar-refractivity contribution >= 4 is 29.5 Å². The summed E-state index contributed by atoms with van der Waals surface area (Å²) in [5.41, 5.74) is 1.14. The Morgan fingerprint density at radius 3 is 2.76 bits per heavy atom. The van der Waals surface area contributed by atoms with Gasteiger partial charge in [-0.25, -0.2) is 0 Å². The number of nitrogens with zero attached hydrogens (tertiary/aromatic N) is 3. The quantitative estimate of drug-likeness (QED) is 0.520. The van der Waals surface area contributed by atoms with E-state index in [-0.39, 0.29) is 16.6 Å². The number of nitro groups is 1. The van der Waals surface area contributed by atoms with E-state index in [2.05, 4.69) is 0 Å². The van der Waals surface area contributed by atoms with Gasteiger partial charge in [0.1, 0.15) is 0 Å². The number of aromatic nitrogens is 2. The van der Waals surface area contributed by atoms with Gasteiger partial charge in [-0.15, -0.1) is 0 Å². The van der Waals surface area contributed by atoms with Gasteiger partial charge in [-0.2, -0.15) is 0 Å². The fourth-order valence-electron chi connectivity index (χ4n) is 2.62. The second-order valence-electron chi connectivity index (χ2n) is 4.89. The van der Waals surface area contributed by atoms with Gasteiger partial charge in [-0.05, 0) is 37.5 Å². The lowest BCUT2D eigenvalue weighted by Crippen LogP contribution is -2.09. The third-order valence-electron chi connectivity index (χ3n) is 3.65. The monoisotopic (exact) mass is 325 g/mol. The molecule has 3 rings (SSSR count). The predicted octanol–water partition coefficient (Wildman–Crippen LogP) is 3.61. The Kier molecular flexibility index (Phi) is 3.46. The first kappa shape index (κ1) is 14.1. The molecule has 1 N–H and O–H groups in total. The summed E-state index contributed by atoms with van der Waals surface area (Å²) in [6.45, 7) is 0.763. The van der Waals surface area contributed by atoms with Crippen LogP contribution in [0.25, 0.3) is 5.69 Å². The largest absolute Gasteiger partial charge is 0.493 e. The summed E-state index contributed by atoms with van der Waals surface area (Å²) in [4.78, 5) is 10.2. The van der Waals surface area contributed by atoms with Gasteiger partial charge in [0.15, 0.2) is 4.77 Å². The number of hydrogen-bond acceptors (Lipinski definition) is 4. The van der Waals surface area contributed by atoms with E-state index in [1.807, 2.05) is 4.57 Å². The van der Waals surface area contributed by atoms with Crippen molar-refractivity contribution in [2.24, 2.45) is 0 Å². The molecule has 0 bridgehead atoms. The van der Waals surface area contributed by atoms with Crippen molar-refractivity contribution in [1.29, 1.82) is 0 Å². The van der Waals surface area contributed by atoms with Crippen LogP contribution in [0.5, 0.6) is 5.88 Å². The van der Waals surface area contributed by atoms with Gasteiger partial charge in [0, 0.05) is 18.7 Å². The van der Waals surface area contributed by atoms with Gasteiger partial charge in [0.25, 0.3) is 5.69 Å². The van der Waals surface area contributed by atoms with Gasteiger partial charge in [0.05, 0.1) is 21.3 Å². The first-order valence-electron chi connectivity index (χ1n) is 6.48. The molecule has 8 heteroatoms. The Morgan fingerprint density at radius 2 is 2.14 bits per heavy atom. The van der Waals surface area contributed by atoms with Crippen molar-refractivity contribution in [3.63, 3.8) is 0 Å². The van der Waals surface area contributed by atoms with Crippen LogP contribution in [0.15, 0.2) is 18.2 Å². The minimum absolute atomic E-state index is 0.0652. The average molecular weight is 326 g/mol. The highest BCUT2D eigenvalue weighted by atomic mass is 35.5. The first-order valence-corrected chi connectivity index (χ1v) is 7.27.